The topological polar surface area (TPSA) is 88.8 Å². The molecule has 1 fully saturated rings. The third-order valence-corrected chi connectivity index (χ3v) is 4.86. The van der Waals surface area contributed by atoms with Crippen molar-refractivity contribution in [3.05, 3.63) is 35.5 Å². The summed E-state index contributed by atoms with van der Waals surface area (Å²) in [4.78, 5) is 33.5. The molecule has 2 amide bonds. The van der Waals surface area contributed by atoms with Gasteiger partial charge in [0.25, 0.3) is 5.91 Å². The molecular formula is C19H24N4O3. The first-order valence-corrected chi connectivity index (χ1v) is 8.80. The number of ether oxygens (including phenoxy) is 1. The lowest BCUT2D eigenvalue weighted by atomic mass is 10.0. The van der Waals surface area contributed by atoms with Crippen molar-refractivity contribution >= 4 is 22.7 Å². The van der Waals surface area contributed by atoms with Crippen LogP contribution in [0.2, 0.25) is 0 Å². The van der Waals surface area contributed by atoms with Gasteiger partial charge in [-0.25, -0.2) is 0 Å². The van der Waals surface area contributed by atoms with Crippen LogP contribution in [0.3, 0.4) is 0 Å². The first kappa shape index (κ1) is 18.1. The number of pyridine rings is 1. The molecule has 0 atom stereocenters. The first-order valence-electron chi connectivity index (χ1n) is 8.80. The van der Waals surface area contributed by atoms with Crippen molar-refractivity contribution < 1.29 is 14.3 Å². The molecule has 26 heavy (non-hydrogen) atoms. The zero-order valence-corrected chi connectivity index (χ0v) is 15.2. The van der Waals surface area contributed by atoms with Crippen LogP contribution >= 0.6 is 0 Å². The average Bonchev–Trinajstić information content (AvgIpc) is 2.66. The summed E-state index contributed by atoms with van der Waals surface area (Å²) >= 11 is 0. The molecule has 2 aromatic rings. The molecular weight excluding hydrogens is 332 g/mol. The number of amides is 2. The van der Waals surface area contributed by atoms with E-state index in [4.69, 9.17) is 10.5 Å². The van der Waals surface area contributed by atoms with Crippen molar-refractivity contribution in [1.82, 2.24) is 14.8 Å². The van der Waals surface area contributed by atoms with Crippen LogP contribution in [0.4, 0.5) is 0 Å². The van der Waals surface area contributed by atoms with E-state index in [1.54, 1.807) is 0 Å². The van der Waals surface area contributed by atoms with Crippen LogP contribution in [0.5, 0.6) is 5.75 Å². The molecule has 1 aromatic heterocycles. The molecule has 7 heteroatoms. The molecule has 0 radical (unpaired) electrons. The maximum Gasteiger partial charge on any atom is 0.254 e. The smallest absolute Gasteiger partial charge is 0.254 e. The number of rotatable bonds is 5. The number of piperazine rings is 1. The number of hydrogen-bond acceptors (Lipinski definition) is 5. The van der Waals surface area contributed by atoms with Crippen LogP contribution in [-0.4, -0.2) is 66.4 Å². The van der Waals surface area contributed by atoms with Crippen LogP contribution in [0.1, 0.15) is 23.0 Å². The first-order chi connectivity index (χ1) is 12.5. The number of nitrogens with two attached hydrogens (primary N) is 1. The highest BCUT2D eigenvalue weighted by molar-refractivity contribution is 6.03. The zero-order chi connectivity index (χ0) is 18.7. The molecule has 0 saturated carbocycles. The lowest BCUT2D eigenvalue weighted by Gasteiger charge is -2.34. The standard InChI is InChI=1S/C19H24N4O3/c1-3-22-8-10-23(11-9-22)16(24)12-15-17(19(20)25)18(26-2)13-6-4-5-7-14(13)21-15/h4-7H,3,8-12H2,1-2H3,(H2,20,25). The van der Waals surface area contributed by atoms with Gasteiger partial charge in [0.05, 0.1) is 24.7 Å². The van der Waals surface area contributed by atoms with Gasteiger partial charge in [0, 0.05) is 31.6 Å². The van der Waals surface area contributed by atoms with Crippen molar-refractivity contribution in [2.24, 2.45) is 5.73 Å². The van der Waals surface area contributed by atoms with E-state index in [9.17, 15) is 9.59 Å². The van der Waals surface area contributed by atoms with Crippen LogP contribution in [0.25, 0.3) is 10.9 Å². The SMILES string of the molecule is CCN1CCN(C(=O)Cc2nc3ccccc3c(OC)c2C(N)=O)CC1. The fraction of sp³-hybridized carbons (Fsp3) is 0.421. The Morgan fingerprint density at radius 1 is 1.19 bits per heavy atom. The molecule has 2 heterocycles. The Balaban J connectivity index is 1.93. The van der Waals surface area contributed by atoms with E-state index < -0.39 is 5.91 Å². The van der Waals surface area contributed by atoms with Crippen LogP contribution < -0.4 is 10.5 Å². The number of aromatic nitrogens is 1. The summed E-state index contributed by atoms with van der Waals surface area (Å²) < 4.78 is 5.44. The maximum atomic E-state index is 12.7. The predicted octanol–water partition coefficient (Wildman–Crippen LogP) is 1.05. The van der Waals surface area contributed by atoms with Crippen molar-refractivity contribution in [2.45, 2.75) is 13.3 Å². The van der Waals surface area contributed by atoms with Gasteiger partial charge in [-0.2, -0.15) is 0 Å². The normalized spacial score (nSPS) is 15.2. The molecule has 7 nitrogen and oxygen atoms in total. The largest absolute Gasteiger partial charge is 0.495 e. The number of para-hydroxylation sites is 1. The number of hydrogen-bond donors (Lipinski definition) is 1. The molecule has 0 spiro atoms. The summed E-state index contributed by atoms with van der Waals surface area (Å²) in [5.41, 5.74) is 6.81. The monoisotopic (exact) mass is 356 g/mol. The molecule has 2 N–H and O–H groups in total. The third-order valence-electron chi connectivity index (χ3n) is 4.86. The van der Waals surface area contributed by atoms with Crippen LogP contribution in [-0.2, 0) is 11.2 Å². The summed E-state index contributed by atoms with van der Waals surface area (Å²) in [6.07, 6.45) is 0.0333. The van der Waals surface area contributed by atoms with E-state index in [1.807, 2.05) is 29.2 Å². The quantitative estimate of drug-likeness (QED) is 0.865. The highest BCUT2D eigenvalue weighted by Gasteiger charge is 2.25. The summed E-state index contributed by atoms with van der Waals surface area (Å²) in [7, 11) is 1.49. The highest BCUT2D eigenvalue weighted by atomic mass is 16.5. The highest BCUT2D eigenvalue weighted by Crippen LogP contribution is 2.30. The van der Waals surface area contributed by atoms with Gasteiger partial charge in [0.15, 0.2) is 0 Å². The molecule has 3 rings (SSSR count). The van der Waals surface area contributed by atoms with Crippen molar-refractivity contribution in [1.29, 1.82) is 0 Å². The molecule has 1 aromatic carbocycles. The number of carbonyl (C=O) groups excluding carboxylic acids is 2. The number of nitrogens with zero attached hydrogens (tertiary/aromatic N) is 3. The molecule has 1 saturated heterocycles. The molecule has 0 unspecified atom stereocenters. The Hall–Kier alpha value is -2.67. The van der Waals surface area contributed by atoms with E-state index in [1.165, 1.54) is 7.11 Å². The minimum Gasteiger partial charge on any atom is -0.495 e. The number of fused-ring (bicyclic) bond motifs is 1. The summed E-state index contributed by atoms with van der Waals surface area (Å²) in [5.74, 6) is -0.312. The van der Waals surface area contributed by atoms with E-state index in [0.717, 1.165) is 19.6 Å². The molecule has 138 valence electrons. The Bertz CT molecular complexity index is 829. The number of methoxy groups -OCH3 is 1. The minimum atomic E-state index is -0.640. The fourth-order valence-electron chi connectivity index (χ4n) is 3.39. The van der Waals surface area contributed by atoms with Gasteiger partial charge in [0.2, 0.25) is 5.91 Å². The van der Waals surface area contributed by atoms with Gasteiger partial charge in [0.1, 0.15) is 11.3 Å². The van der Waals surface area contributed by atoms with Gasteiger partial charge in [-0.3, -0.25) is 14.6 Å². The molecule has 0 aliphatic carbocycles. The number of carbonyl (C=O) groups is 2. The lowest BCUT2D eigenvalue weighted by molar-refractivity contribution is -0.132. The van der Waals surface area contributed by atoms with Crippen molar-refractivity contribution in [3.63, 3.8) is 0 Å². The Kier molecular flexibility index (Phi) is 5.37. The zero-order valence-electron chi connectivity index (χ0n) is 15.2. The van der Waals surface area contributed by atoms with Crippen LogP contribution in [0.15, 0.2) is 24.3 Å². The van der Waals surface area contributed by atoms with E-state index in [0.29, 0.717) is 35.4 Å². The second kappa shape index (κ2) is 7.70. The second-order valence-electron chi connectivity index (χ2n) is 6.34. The number of primary amides is 1. The molecule has 1 aliphatic heterocycles. The second-order valence-corrected chi connectivity index (χ2v) is 6.34. The summed E-state index contributed by atoms with van der Waals surface area (Å²) in [6.45, 7) is 6.19. The summed E-state index contributed by atoms with van der Waals surface area (Å²) in [5, 5.41) is 0.705. The maximum absolute atomic E-state index is 12.7. The number of benzene rings is 1. The van der Waals surface area contributed by atoms with Crippen molar-refractivity contribution in [2.75, 3.05) is 39.8 Å². The predicted molar refractivity (Wildman–Crippen MR) is 99.2 cm³/mol. The Morgan fingerprint density at radius 3 is 2.50 bits per heavy atom. The van der Waals surface area contributed by atoms with Gasteiger partial charge >= 0.3 is 0 Å². The minimum absolute atomic E-state index is 0.0333. The van der Waals surface area contributed by atoms with E-state index in [-0.39, 0.29) is 17.9 Å². The van der Waals surface area contributed by atoms with Crippen molar-refractivity contribution in [3.8, 4) is 5.75 Å². The molecule has 1 aliphatic rings. The van der Waals surface area contributed by atoms with Gasteiger partial charge in [-0.05, 0) is 18.7 Å². The number of likely N-dealkylation sites (N-methyl/N-ethyl adjacent to an activating group) is 1. The van der Waals surface area contributed by atoms with E-state index in [2.05, 4.69) is 16.8 Å². The Labute approximate surface area is 152 Å². The van der Waals surface area contributed by atoms with Crippen LogP contribution in [0, 0.1) is 0 Å². The van der Waals surface area contributed by atoms with Gasteiger partial charge < -0.3 is 20.3 Å². The lowest BCUT2D eigenvalue weighted by Crippen LogP contribution is -2.49. The van der Waals surface area contributed by atoms with Gasteiger partial charge in [-0.1, -0.05) is 19.1 Å². The Morgan fingerprint density at radius 2 is 1.88 bits per heavy atom. The average molecular weight is 356 g/mol. The van der Waals surface area contributed by atoms with Gasteiger partial charge in [-0.15, -0.1) is 0 Å². The van der Waals surface area contributed by atoms with E-state index >= 15 is 0 Å². The third kappa shape index (κ3) is 3.48. The fourth-order valence-corrected chi connectivity index (χ4v) is 3.39. The molecule has 0 bridgehead atoms. The summed E-state index contributed by atoms with van der Waals surface area (Å²) in [6, 6.07) is 7.35.